The number of likely N-dealkylation sites (tertiary alicyclic amines) is 1. The van der Waals surface area contributed by atoms with Crippen LogP contribution >= 0.6 is 0 Å². The summed E-state index contributed by atoms with van der Waals surface area (Å²) in [6.45, 7) is 3.55. The summed E-state index contributed by atoms with van der Waals surface area (Å²) in [5, 5.41) is 0. The molecule has 2 amide bonds. The first-order valence-electron chi connectivity index (χ1n) is 11.8. The Kier molecular flexibility index (Phi) is 6.11. The highest BCUT2D eigenvalue weighted by atomic mass is 32.2. The zero-order valence-corrected chi connectivity index (χ0v) is 20.1. The lowest BCUT2D eigenvalue weighted by Crippen LogP contribution is -2.49. The predicted octanol–water partition coefficient (Wildman–Crippen LogP) is 1.97. The maximum Gasteiger partial charge on any atom is 0.243 e. The lowest BCUT2D eigenvalue weighted by Gasteiger charge is -2.34. The van der Waals surface area contributed by atoms with E-state index in [1.54, 1.807) is 37.5 Å². The molecule has 5 rings (SSSR count). The van der Waals surface area contributed by atoms with Gasteiger partial charge in [-0.3, -0.25) is 14.5 Å². The molecule has 0 spiro atoms. The number of nitrogens with zero attached hydrogens (tertiary/aromatic N) is 5. The van der Waals surface area contributed by atoms with E-state index in [1.807, 2.05) is 11.0 Å². The van der Waals surface area contributed by atoms with E-state index in [2.05, 4.69) is 9.97 Å². The number of fused-ring (bicyclic) bond motifs is 1. The van der Waals surface area contributed by atoms with Gasteiger partial charge in [-0.25, -0.2) is 18.4 Å². The Bertz CT molecular complexity index is 1170. The van der Waals surface area contributed by atoms with Gasteiger partial charge in [-0.05, 0) is 43.0 Å². The first-order valence-corrected chi connectivity index (χ1v) is 13.3. The number of imide groups is 1. The van der Waals surface area contributed by atoms with Gasteiger partial charge in [0, 0.05) is 38.6 Å². The molecule has 2 aliphatic heterocycles. The number of aryl methyl sites for hydroxylation is 1. The van der Waals surface area contributed by atoms with Crippen molar-refractivity contribution in [3.05, 3.63) is 47.8 Å². The van der Waals surface area contributed by atoms with Crippen molar-refractivity contribution >= 4 is 27.8 Å². The number of hydrogen-bond acceptors (Lipinski definition) is 7. The van der Waals surface area contributed by atoms with E-state index >= 15 is 0 Å². The van der Waals surface area contributed by atoms with Crippen LogP contribution in [0.1, 0.15) is 36.8 Å². The highest BCUT2D eigenvalue weighted by Crippen LogP contribution is 2.38. The van der Waals surface area contributed by atoms with Crippen LogP contribution in [-0.2, 0) is 26.2 Å². The van der Waals surface area contributed by atoms with Gasteiger partial charge in [0.25, 0.3) is 0 Å². The number of rotatable bonds is 5. The molecule has 3 fully saturated rings. The van der Waals surface area contributed by atoms with Crippen LogP contribution < -0.4 is 4.90 Å². The number of carbonyl (C=O) groups is 2. The first-order chi connectivity index (χ1) is 16.4. The molecule has 1 saturated carbocycles. The van der Waals surface area contributed by atoms with Crippen molar-refractivity contribution in [2.24, 2.45) is 11.8 Å². The second-order valence-electron chi connectivity index (χ2n) is 9.30. The Hall–Kier alpha value is -2.85. The Morgan fingerprint density at radius 2 is 1.56 bits per heavy atom. The van der Waals surface area contributed by atoms with Crippen molar-refractivity contribution in [3.8, 4) is 0 Å². The molecule has 1 aromatic heterocycles. The van der Waals surface area contributed by atoms with E-state index in [0.29, 0.717) is 43.3 Å². The van der Waals surface area contributed by atoms with E-state index < -0.39 is 10.0 Å². The summed E-state index contributed by atoms with van der Waals surface area (Å²) in [5.41, 5.74) is 1.30. The van der Waals surface area contributed by atoms with Crippen molar-refractivity contribution in [2.45, 2.75) is 44.0 Å². The zero-order valence-electron chi connectivity index (χ0n) is 19.3. The van der Waals surface area contributed by atoms with Crippen LogP contribution in [0.25, 0.3) is 0 Å². The van der Waals surface area contributed by atoms with Gasteiger partial charge < -0.3 is 4.90 Å². The van der Waals surface area contributed by atoms with Crippen molar-refractivity contribution in [2.75, 3.05) is 31.1 Å². The fraction of sp³-hybridized carbons (Fsp3) is 0.500. The monoisotopic (exact) mass is 483 g/mol. The number of carbonyl (C=O) groups excluding carboxylic acids is 2. The Labute approximate surface area is 199 Å². The van der Waals surface area contributed by atoms with Crippen LogP contribution in [0.15, 0.2) is 41.6 Å². The second kappa shape index (κ2) is 9.07. The summed E-state index contributed by atoms with van der Waals surface area (Å²) < 4.78 is 28.5. The summed E-state index contributed by atoms with van der Waals surface area (Å²) in [6.07, 6.45) is 6.82. The molecule has 0 bridgehead atoms. The number of piperazine rings is 1. The molecule has 10 heteroatoms. The van der Waals surface area contributed by atoms with Gasteiger partial charge in [-0.2, -0.15) is 4.31 Å². The lowest BCUT2D eigenvalue weighted by molar-refractivity contribution is -0.140. The SMILES string of the molecule is Cc1ccc(CN2C(=O)[C@H]3CCCC[C@H]3C2=O)cc1S(=O)(=O)N1CCN(c2ncccn2)CC1. The molecular formula is C24H29N5O4S. The van der Waals surface area contributed by atoms with E-state index in [0.717, 1.165) is 25.7 Å². The third-order valence-electron chi connectivity index (χ3n) is 7.22. The number of aromatic nitrogens is 2. The van der Waals surface area contributed by atoms with E-state index in [9.17, 15) is 18.0 Å². The van der Waals surface area contributed by atoms with Gasteiger partial charge in [0.15, 0.2) is 0 Å². The number of sulfonamides is 1. The predicted molar refractivity (Wildman–Crippen MR) is 125 cm³/mol. The smallest absolute Gasteiger partial charge is 0.243 e. The lowest BCUT2D eigenvalue weighted by atomic mass is 9.81. The molecule has 2 atom stereocenters. The van der Waals surface area contributed by atoms with Gasteiger partial charge in [0.05, 0.1) is 23.3 Å². The zero-order chi connectivity index (χ0) is 23.9. The minimum Gasteiger partial charge on any atom is -0.338 e. The molecule has 0 unspecified atom stereocenters. The maximum absolute atomic E-state index is 13.5. The van der Waals surface area contributed by atoms with Gasteiger partial charge >= 0.3 is 0 Å². The molecular weight excluding hydrogens is 454 g/mol. The van der Waals surface area contributed by atoms with E-state index in [4.69, 9.17) is 0 Å². The van der Waals surface area contributed by atoms with Gasteiger partial charge in [0.1, 0.15) is 0 Å². The van der Waals surface area contributed by atoms with Gasteiger partial charge in [0.2, 0.25) is 27.8 Å². The fourth-order valence-electron chi connectivity index (χ4n) is 5.31. The van der Waals surface area contributed by atoms with Gasteiger partial charge in [-0.15, -0.1) is 0 Å². The Morgan fingerprint density at radius 1 is 0.941 bits per heavy atom. The minimum absolute atomic E-state index is 0.112. The number of benzene rings is 1. The molecule has 1 aromatic carbocycles. The average molecular weight is 484 g/mol. The summed E-state index contributed by atoms with van der Waals surface area (Å²) in [5.74, 6) is -0.0457. The third kappa shape index (κ3) is 4.09. The van der Waals surface area contributed by atoms with Crippen LogP contribution in [0.2, 0.25) is 0 Å². The molecule has 2 saturated heterocycles. The highest BCUT2D eigenvalue weighted by Gasteiger charge is 2.48. The number of hydrogen-bond donors (Lipinski definition) is 0. The van der Waals surface area contributed by atoms with Crippen molar-refractivity contribution in [3.63, 3.8) is 0 Å². The quantitative estimate of drug-likeness (QED) is 0.599. The first kappa shape index (κ1) is 22.9. The number of anilines is 1. The molecule has 1 aliphatic carbocycles. The molecule has 0 N–H and O–H groups in total. The van der Waals surface area contributed by atoms with E-state index in [-0.39, 0.29) is 35.1 Å². The standard InChI is InChI=1S/C24H29N5O4S/c1-17-7-8-18(16-29-22(30)19-5-2-3-6-20(19)23(29)31)15-21(17)34(32,33)28-13-11-27(12-14-28)24-25-9-4-10-26-24/h4,7-10,15,19-20H,2-3,5-6,11-14,16H2,1H3/t19-,20+. The number of amides is 2. The van der Waals surface area contributed by atoms with Crippen LogP contribution in [0.3, 0.4) is 0 Å². The molecule has 0 radical (unpaired) electrons. The molecule has 9 nitrogen and oxygen atoms in total. The fourth-order valence-corrected chi connectivity index (χ4v) is 7.01. The Morgan fingerprint density at radius 3 is 2.18 bits per heavy atom. The van der Waals surface area contributed by atoms with Crippen molar-refractivity contribution in [1.29, 1.82) is 0 Å². The van der Waals surface area contributed by atoms with Crippen LogP contribution in [0, 0.1) is 18.8 Å². The molecule has 180 valence electrons. The van der Waals surface area contributed by atoms with E-state index in [1.165, 1.54) is 9.21 Å². The van der Waals surface area contributed by atoms with Gasteiger partial charge in [-0.1, -0.05) is 25.0 Å². The largest absolute Gasteiger partial charge is 0.338 e. The highest BCUT2D eigenvalue weighted by molar-refractivity contribution is 7.89. The maximum atomic E-state index is 13.5. The average Bonchev–Trinajstić information content (AvgIpc) is 3.10. The van der Waals surface area contributed by atoms with Crippen molar-refractivity contribution in [1.82, 2.24) is 19.2 Å². The third-order valence-corrected chi connectivity index (χ3v) is 9.26. The normalized spacial score (nSPS) is 23.9. The minimum atomic E-state index is -3.72. The summed E-state index contributed by atoms with van der Waals surface area (Å²) >= 11 is 0. The van der Waals surface area contributed by atoms with Crippen LogP contribution in [0.5, 0.6) is 0 Å². The second-order valence-corrected chi connectivity index (χ2v) is 11.2. The van der Waals surface area contributed by atoms with Crippen LogP contribution in [-0.4, -0.2) is 65.6 Å². The molecule has 3 heterocycles. The van der Waals surface area contributed by atoms with Crippen molar-refractivity contribution < 1.29 is 18.0 Å². The summed E-state index contributed by atoms with van der Waals surface area (Å²) in [6, 6.07) is 6.94. The Balaban J connectivity index is 1.32. The summed E-state index contributed by atoms with van der Waals surface area (Å²) in [7, 11) is -3.72. The van der Waals surface area contributed by atoms with Crippen LogP contribution in [0.4, 0.5) is 5.95 Å². The molecule has 3 aliphatic rings. The molecule has 34 heavy (non-hydrogen) atoms. The summed E-state index contributed by atoms with van der Waals surface area (Å²) in [4.78, 5) is 37.8. The topological polar surface area (TPSA) is 104 Å². The molecule has 2 aromatic rings.